The number of imidazole rings is 1. The number of rotatable bonds is 5. The summed E-state index contributed by atoms with van der Waals surface area (Å²) in [4.78, 5) is 4.57. The molecule has 0 spiro atoms. The Balaban J connectivity index is 2.19. The number of hydrogen-bond acceptors (Lipinski definition) is 3. The van der Waals surface area contributed by atoms with Crippen molar-refractivity contribution in [3.05, 3.63) is 11.9 Å². The van der Waals surface area contributed by atoms with Crippen LogP contribution in [0.5, 0.6) is 0 Å². The SMILES string of the molecule is COCCNc1nc(C)cn1C1C(C)(C)C1(C)C. The summed E-state index contributed by atoms with van der Waals surface area (Å²) in [5.41, 5.74) is 1.70. The molecule has 1 aromatic rings. The molecule has 4 heteroatoms. The molecule has 0 bridgehead atoms. The standard InChI is InChI=1S/C14H25N3O/c1-10-9-17(11-13(2,3)14(11,4)5)12(16-10)15-7-8-18-6/h9,11H,7-8H2,1-6H3,(H,15,16). The van der Waals surface area contributed by atoms with Crippen molar-refractivity contribution < 1.29 is 4.74 Å². The summed E-state index contributed by atoms with van der Waals surface area (Å²) in [6.45, 7) is 12.8. The van der Waals surface area contributed by atoms with Crippen LogP contribution in [-0.2, 0) is 4.74 Å². The third-order valence-corrected chi connectivity index (χ3v) is 4.66. The Hall–Kier alpha value is -1.03. The van der Waals surface area contributed by atoms with Crippen LogP contribution >= 0.6 is 0 Å². The lowest BCUT2D eigenvalue weighted by molar-refractivity contribution is 0.210. The van der Waals surface area contributed by atoms with Crippen LogP contribution in [0.4, 0.5) is 5.95 Å². The van der Waals surface area contributed by atoms with Crippen molar-refractivity contribution in [3.8, 4) is 0 Å². The molecule has 0 radical (unpaired) electrons. The Morgan fingerprint density at radius 2 is 1.94 bits per heavy atom. The quantitative estimate of drug-likeness (QED) is 0.818. The highest BCUT2D eigenvalue weighted by atomic mass is 16.5. The first-order valence-electron chi connectivity index (χ1n) is 6.60. The van der Waals surface area contributed by atoms with E-state index in [1.807, 2.05) is 6.92 Å². The van der Waals surface area contributed by atoms with Crippen molar-refractivity contribution in [1.29, 1.82) is 0 Å². The van der Waals surface area contributed by atoms with Gasteiger partial charge in [-0.25, -0.2) is 4.98 Å². The third kappa shape index (κ3) is 1.92. The molecule has 1 saturated carbocycles. The summed E-state index contributed by atoms with van der Waals surface area (Å²) in [6, 6.07) is 0.510. The van der Waals surface area contributed by atoms with Crippen LogP contribution in [0.1, 0.15) is 39.4 Å². The normalized spacial score (nSPS) is 21.0. The van der Waals surface area contributed by atoms with E-state index >= 15 is 0 Å². The monoisotopic (exact) mass is 251 g/mol. The zero-order valence-electron chi connectivity index (χ0n) is 12.4. The van der Waals surface area contributed by atoms with E-state index in [1.54, 1.807) is 7.11 Å². The maximum atomic E-state index is 5.07. The lowest BCUT2D eigenvalue weighted by Crippen LogP contribution is -2.13. The van der Waals surface area contributed by atoms with Crippen molar-refractivity contribution in [2.24, 2.45) is 10.8 Å². The molecule has 1 aliphatic rings. The van der Waals surface area contributed by atoms with Crippen LogP contribution in [-0.4, -0.2) is 29.8 Å². The number of nitrogens with one attached hydrogen (secondary N) is 1. The van der Waals surface area contributed by atoms with Gasteiger partial charge in [-0.05, 0) is 17.8 Å². The van der Waals surface area contributed by atoms with E-state index in [1.165, 1.54) is 0 Å². The van der Waals surface area contributed by atoms with Gasteiger partial charge in [0.05, 0.1) is 12.3 Å². The molecule has 1 heterocycles. The van der Waals surface area contributed by atoms with E-state index in [4.69, 9.17) is 4.74 Å². The fourth-order valence-corrected chi connectivity index (χ4v) is 2.97. The molecule has 102 valence electrons. The van der Waals surface area contributed by atoms with Crippen molar-refractivity contribution in [2.45, 2.75) is 40.7 Å². The molecular formula is C14H25N3O. The van der Waals surface area contributed by atoms with Gasteiger partial charge in [-0.3, -0.25) is 0 Å². The third-order valence-electron chi connectivity index (χ3n) is 4.66. The van der Waals surface area contributed by atoms with Gasteiger partial charge in [0.25, 0.3) is 0 Å². The fraction of sp³-hybridized carbons (Fsp3) is 0.786. The minimum absolute atomic E-state index is 0.317. The van der Waals surface area contributed by atoms with Crippen LogP contribution in [0.25, 0.3) is 0 Å². The van der Waals surface area contributed by atoms with Crippen molar-refractivity contribution in [2.75, 3.05) is 25.6 Å². The molecule has 0 aromatic carbocycles. The zero-order chi connectivity index (χ0) is 13.6. The molecular weight excluding hydrogens is 226 g/mol. The molecule has 0 saturated heterocycles. The minimum atomic E-state index is 0.317. The van der Waals surface area contributed by atoms with Crippen molar-refractivity contribution in [3.63, 3.8) is 0 Å². The maximum absolute atomic E-state index is 5.07. The first-order chi connectivity index (χ1) is 8.32. The average molecular weight is 251 g/mol. The zero-order valence-corrected chi connectivity index (χ0v) is 12.4. The molecule has 1 fully saturated rings. The molecule has 18 heavy (non-hydrogen) atoms. The first kappa shape index (κ1) is 13.4. The summed E-state index contributed by atoms with van der Waals surface area (Å²) in [6.07, 6.45) is 2.15. The second-order valence-corrected chi connectivity index (χ2v) is 6.38. The van der Waals surface area contributed by atoms with Gasteiger partial charge in [0.15, 0.2) is 0 Å². The van der Waals surface area contributed by atoms with E-state index in [9.17, 15) is 0 Å². The van der Waals surface area contributed by atoms with Gasteiger partial charge in [0.2, 0.25) is 5.95 Å². The molecule has 4 nitrogen and oxygen atoms in total. The summed E-state index contributed by atoms with van der Waals surface area (Å²) in [7, 11) is 1.71. The van der Waals surface area contributed by atoms with Crippen molar-refractivity contribution in [1.82, 2.24) is 9.55 Å². The highest BCUT2D eigenvalue weighted by molar-refractivity contribution is 5.34. The van der Waals surface area contributed by atoms with Crippen LogP contribution in [0.15, 0.2) is 6.20 Å². The molecule has 0 atom stereocenters. The summed E-state index contributed by atoms with van der Waals surface area (Å²) in [5, 5.41) is 3.36. The topological polar surface area (TPSA) is 39.1 Å². The molecule has 1 aliphatic carbocycles. The highest BCUT2D eigenvalue weighted by Gasteiger charge is 2.66. The molecule has 0 amide bonds. The molecule has 2 rings (SSSR count). The lowest BCUT2D eigenvalue weighted by atomic mass is 10.0. The Labute approximate surface area is 110 Å². The number of hydrogen-bond donors (Lipinski definition) is 1. The summed E-state index contributed by atoms with van der Waals surface area (Å²) >= 11 is 0. The second-order valence-electron chi connectivity index (χ2n) is 6.38. The minimum Gasteiger partial charge on any atom is -0.383 e. The lowest BCUT2D eigenvalue weighted by Gasteiger charge is -2.11. The predicted molar refractivity (Wildman–Crippen MR) is 73.9 cm³/mol. The second kappa shape index (κ2) is 4.26. The van der Waals surface area contributed by atoms with Crippen molar-refractivity contribution >= 4 is 5.95 Å². The highest BCUT2D eigenvalue weighted by Crippen LogP contribution is 2.71. The number of ether oxygens (including phenoxy) is 1. The van der Waals surface area contributed by atoms with E-state index < -0.39 is 0 Å². The Morgan fingerprint density at radius 1 is 1.33 bits per heavy atom. The molecule has 0 unspecified atom stereocenters. The molecule has 1 aromatic heterocycles. The van der Waals surface area contributed by atoms with E-state index in [-0.39, 0.29) is 0 Å². The van der Waals surface area contributed by atoms with Crippen LogP contribution in [0.3, 0.4) is 0 Å². The first-order valence-corrected chi connectivity index (χ1v) is 6.60. The van der Waals surface area contributed by atoms with Gasteiger partial charge in [-0.2, -0.15) is 0 Å². The fourth-order valence-electron chi connectivity index (χ4n) is 2.97. The Bertz CT molecular complexity index is 420. The van der Waals surface area contributed by atoms with Gasteiger partial charge < -0.3 is 14.6 Å². The molecule has 1 N–H and O–H groups in total. The number of aryl methyl sites for hydroxylation is 1. The number of anilines is 1. The average Bonchev–Trinajstić information content (AvgIpc) is 2.55. The Morgan fingerprint density at radius 3 is 2.44 bits per heavy atom. The van der Waals surface area contributed by atoms with Crippen LogP contribution in [0.2, 0.25) is 0 Å². The maximum Gasteiger partial charge on any atom is 0.203 e. The van der Waals surface area contributed by atoms with Gasteiger partial charge in [0.1, 0.15) is 0 Å². The summed E-state index contributed by atoms with van der Waals surface area (Å²) in [5.74, 6) is 0.966. The number of nitrogens with zero attached hydrogens (tertiary/aromatic N) is 2. The predicted octanol–water partition coefficient (Wildman–Crippen LogP) is 2.86. The van der Waals surface area contributed by atoms with Crippen LogP contribution in [0, 0.1) is 17.8 Å². The van der Waals surface area contributed by atoms with E-state index in [0.29, 0.717) is 23.5 Å². The summed E-state index contributed by atoms with van der Waals surface area (Å²) < 4.78 is 7.37. The van der Waals surface area contributed by atoms with Crippen LogP contribution < -0.4 is 5.32 Å². The van der Waals surface area contributed by atoms with E-state index in [2.05, 4.69) is 48.8 Å². The number of aromatic nitrogens is 2. The largest absolute Gasteiger partial charge is 0.383 e. The Kier molecular flexibility index (Phi) is 3.18. The van der Waals surface area contributed by atoms with Gasteiger partial charge in [-0.1, -0.05) is 27.7 Å². The van der Waals surface area contributed by atoms with Gasteiger partial charge >= 0.3 is 0 Å². The molecule has 0 aliphatic heterocycles. The van der Waals surface area contributed by atoms with Gasteiger partial charge in [-0.15, -0.1) is 0 Å². The van der Waals surface area contributed by atoms with Gasteiger partial charge in [0, 0.05) is 25.9 Å². The number of methoxy groups -OCH3 is 1. The smallest absolute Gasteiger partial charge is 0.203 e. The van der Waals surface area contributed by atoms with E-state index in [0.717, 1.165) is 18.2 Å².